The van der Waals surface area contributed by atoms with Crippen molar-refractivity contribution in [3.8, 4) is 0 Å². The predicted molar refractivity (Wildman–Crippen MR) is 83.8 cm³/mol. The first-order valence-corrected chi connectivity index (χ1v) is 7.67. The molecule has 1 aliphatic rings. The zero-order valence-corrected chi connectivity index (χ0v) is 12.9. The minimum atomic E-state index is -0.879. The Morgan fingerprint density at radius 1 is 1.32 bits per heavy atom. The van der Waals surface area contributed by atoms with Gasteiger partial charge in [0.2, 0.25) is 5.91 Å². The van der Waals surface area contributed by atoms with E-state index >= 15 is 0 Å². The van der Waals surface area contributed by atoms with Crippen LogP contribution in [0.1, 0.15) is 37.7 Å². The third-order valence-electron chi connectivity index (χ3n) is 4.37. The molecule has 1 amide bonds. The van der Waals surface area contributed by atoms with Gasteiger partial charge < -0.3 is 15.2 Å². The van der Waals surface area contributed by atoms with E-state index in [0.29, 0.717) is 17.9 Å². The highest BCUT2D eigenvalue weighted by Gasteiger charge is 2.40. The van der Waals surface area contributed by atoms with Gasteiger partial charge in [-0.25, -0.2) is 0 Å². The molecular weight excluding hydrogens is 282 g/mol. The molecule has 5 heteroatoms. The van der Waals surface area contributed by atoms with Crippen LogP contribution in [0.4, 0.5) is 5.69 Å². The molecule has 0 atom stereocenters. The average Bonchev–Trinajstić information content (AvgIpc) is 2.95. The van der Waals surface area contributed by atoms with E-state index < -0.39 is 5.97 Å². The van der Waals surface area contributed by atoms with Gasteiger partial charge in [-0.2, -0.15) is 0 Å². The lowest BCUT2D eigenvalue weighted by atomic mass is 9.82. The third kappa shape index (κ3) is 4.07. The van der Waals surface area contributed by atoms with Crippen molar-refractivity contribution in [2.75, 3.05) is 19.0 Å². The number of methoxy groups -OCH3 is 1. The first-order valence-electron chi connectivity index (χ1n) is 7.67. The highest BCUT2D eigenvalue weighted by molar-refractivity contribution is 5.95. The van der Waals surface area contributed by atoms with Gasteiger partial charge in [-0.15, -0.1) is 0 Å². The van der Waals surface area contributed by atoms with Crippen LogP contribution in [0.15, 0.2) is 24.3 Å². The average molecular weight is 305 g/mol. The van der Waals surface area contributed by atoms with Crippen LogP contribution in [0.2, 0.25) is 0 Å². The molecular formula is C17H23NO4. The molecule has 1 saturated carbocycles. The van der Waals surface area contributed by atoms with Crippen LogP contribution in [-0.2, 0) is 20.7 Å². The second kappa shape index (κ2) is 7.40. The third-order valence-corrected chi connectivity index (χ3v) is 4.37. The molecule has 0 radical (unpaired) electrons. The zero-order chi connectivity index (χ0) is 16.0. The molecule has 2 N–H and O–H groups in total. The maximum Gasteiger partial charge on any atom is 0.307 e. The van der Waals surface area contributed by atoms with Crippen molar-refractivity contribution < 1.29 is 19.4 Å². The number of benzene rings is 1. The maximum absolute atomic E-state index is 12.7. The summed E-state index contributed by atoms with van der Waals surface area (Å²) in [4.78, 5) is 23.5. The number of aliphatic carboxylic acids is 1. The molecule has 2 rings (SSSR count). The van der Waals surface area contributed by atoms with E-state index in [4.69, 9.17) is 9.84 Å². The van der Waals surface area contributed by atoms with Crippen molar-refractivity contribution in [3.63, 3.8) is 0 Å². The molecule has 0 saturated heterocycles. The number of rotatable bonds is 7. The largest absolute Gasteiger partial charge is 0.481 e. The summed E-state index contributed by atoms with van der Waals surface area (Å²) in [7, 11) is 1.65. The van der Waals surface area contributed by atoms with Gasteiger partial charge in [0, 0.05) is 19.4 Å². The molecule has 22 heavy (non-hydrogen) atoms. The normalized spacial score (nSPS) is 16.4. The van der Waals surface area contributed by atoms with Crippen molar-refractivity contribution in [2.45, 2.75) is 38.5 Å². The summed E-state index contributed by atoms with van der Waals surface area (Å²) in [5.41, 5.74) is 0.994. The van der Waals surface area contributed by atoms with E-state index in [0.717, 1.165) is 32.1 Å². The van der Waals surface area contributed by atoms with E-state index in [1.807, 2.05) is 0 Å². The van der Waals surface area contributed by atoms with Crippen molar-refractivity contribution in [1.82, 2.24) is 0 Å². The number of anilines is 1. The quantitative estimate of drug-likeness (QED) is 0.812. The highest BCUT2D eigenvalue weighted by atomic mass is 16.5. The molecule has 0 spiro atoms. The Morgan fingerprint density at radius 2 is 2.05 bits per heavy atom. The number of hydrogen-bond acceptors (Lipinski definition) is 3. The summed E-state index contributed by atoms with van der Waals surface area (Å²) < 4.78 is 5.15. The summed E-state index contributed by atoms with van der Waals surface area (Å²) >= 11 is 0. The topological polar surface area (TPSA) is 75.6 Å². The smallest absolute Gasteiger partial charge is 0.307 e. The SMILES string of the molecule is COCCC1(C(=O)Nc2cccc(CC(=O)O)c2)CCCC1. The van der Waals surface area contributed by atoms with Gasteiger partial charge >= 0.3 is 5.97 Å². The summed E-state index contributed by atoms with van der Waals surface area (Å²) in [5, 5.41) is 11.8. The predicted octanol–water partition coefficient (Wildman–Crippen LogP) is 2.85. The molecule has 0 aromatic heterocycles. The first kappa shape index (κ1) is 16.5. The Bertz CT molecular complexity index is 535. The van der Waals surface area contributed by atoms with Crippen molar-refractivity contribution in [2.24, 2.45) is 5.41 Å². The minimum Gasteiger partial charge on any atom is -0.481 e. The molecule has 0 unspecified atom stereocenters. The Labute approximate surface area is 130 Å². The lowest BCUT2D eigenvalue weighted by molar-refractivity contribution is -0.136. The van der Waals surface area contributed by atoms with Crippen molar-refractivity contribution in [1.29, 1.82) is 0 Å². The van der Waals surface area contributed by atoms with Crippen molar-refractivity contribution in [3.05, 3.63) is 29.8 Å². The molecule has 1 aromatic carbocycles. The monoisotopic (exact) mass is 305 g/mol. The van der Waals surface area contributed by atoms with E-state index in [9.17, 15) is 9.59 Å². The molecule has 1 aromatic rings. The van der Waals surface area contributed by atoms with E-state index in [2.05, 4.69) is 5.32 Å². The van der Waals surface area contributed by atoms with Crippen LogP contribution in [0.3, 0.4) is 0 Å². The van der Waals surface area contributed by atoms with Crippen LogP contribution < -0.4 is 5.32 Å². The molecule has 0 bridgehead atoms. The molecule has 0 aliphatic heterocycles. The van der Waals surface area contributed by atoms with Crippen LogP contribution in [0.5, 0.6) is 0 Å². The van der Waals surface area contributed by atoms with Gasteiger partial charge in [-0.3, -0.25) is 9.59 Å². The van der Waals surface area contributed by atoms with Gasteiger partial charge in [0.25, 0.3) is 0 Å². The molecule has 5 nitrogen and oxygen atoms in total. The van der Waals surface area contributed by atoms with E-state index in [1.165, 1.54) is 0 Å². The lowest BCUT2D eigenvalue weighted by Gasteiger charge is -2.27. The van der Waals surface area contributed by atoms with E-state index in [1.54, 1.807) is 31.4 Å². The fraction of sp³-hybridized carbons (Fsp3) is 0.529. The number of ether oxygens (including phenoxy) is 1. The number of carbonyl (C=O) groups is 2. The Kier molecular flexibility index (Phi) is 5.55. The Morgan fingerprint density at radius 3 is 2.68 bits per heavy atom. The second-order valence-corrected chi connectivity index (χ2v) is 5.96. The van der Waals surface area contributed by atoms with E-state index in [-0.39, 0.29) is 17.7 Å². The Hall–Kier alpha value is -1.88. The Balaban J connectivity index is 2.08. The van der Waals surface area contributed by atoms with Gasteiger partial charge in [0.15, 0.2) is 0 Å². The number of amides is 1. The van der Waals surface area contributed by atoms with Gasteiger partial charge in [-0.1, -0.05) is 25.0 Å². The summed E-state index contributed by atoms with van der Waals surface area (Å²) in [6.45, 7) is 0.576. The summed E-state index contributed by atoms with van der Waals surface area (Å²) in [6.07, 6.45) is 4.59. The molecule has 0 heterocycles. The summed E-state index contributed by atoms with van der Waals surface area (Å²) in [6, 6.07) is 7.04. The van der Waals surface area contributed by atoms with Gasteiger partial charge in [0.1, 0.15) is 0 Å². The lowest BCUT2D eigenvalue weighted by Crippen LogP contribution is -2.35. The number of carboxylic acid groups (broad SMARTS) is 1. The van der Waals surface area contributed by atoms with Crippen molar-refractivity contribution >= 4 is 17.6 Å². The number of hydrogen-bond donors (Lipinski definition) is 2. The van der Waals surface area contributed by atoms with Gasteiger partial charge in [-0.05, 0) is 37.0 Å². The van der Waals surface area contributed by atoms with Crippen LogP contribution >= 0.6 is 0 Å². The standard InChI is InChI=1S/C17H23NO4/c1-22-10-9-17(7-2-3-8-17)16(21)18-14-6-4-5-13(11-14)12-15(19)20/h4-6,11H,2-3,7-10,12H2,1H3,(H,18,21)(H,19,20). The number of carbonyl (C=O) groups excluding carboxylic acids is 1. The fourth-order valence-corrected chi connectivity index (χ4v) is 3.14. The first-order chi connectivity index (χ1) is 10.6. The summed E-state index contributed by atoms with van der Waals surface area (Å²) in [5.74, 6) is -0.856. The molecule has 1 fully saturated rings. The minimum absolute atomic E-state index is 0.0227. The van der Waals surface area contributed by atoms with Crippen LogP contribution in [0.25, 0.3) is 0 Å². The van der Waals surface area contributed by atoms with Crippen LogP contribution in [0, 0.1) is 5.41 Å². The molecule has 120 valence electrons. The number of nitrogens with one attached hydrogen (secondary N) is 1. The van der Waals surface area contributed by atoms with Gasteiger partial charge in [0.05, 0.1) is 11.8 Å². The molecule has 1 aliphatic carbocycles. The maximum atomic E-state index is 12.7. The highest BCUT2D eigenvalue weighted by Crippen LogP contribution is 2.42. The van der Waals surface area contributed by atoms with Crippen LogP contribution in [-0.4, -0.2) is 30.7 Å². The zero-order valence-electron chi connectivity index (χ0n) is 12.9. The number of carboxylic acids is 1. The second-order valence-electron chi connectivity index (χ2n) is 5.96. The fourth-order valence-electron chi connectivity index (χ4n) is 3.14.